The minimum Gasteiger partial charge on any atom is -0.391 e. The lowest BCUT2D eigenvalue weighted by Gasteiger charge is -2.21. The van der Waals surface area contributed by atoms with Crippen molar-refractivity contribution < 1.29 is 9.57 Å². The predicted octanol–water partition coefficient (Wildman–Crippen LogP) is 2.19. The molecule has 0 aromatic rings. The van der Waals surface area contributed by atoms with Gasteiger partial charge >= 0.3 is 0 Å². The van der Waals surface area contributed by atoms with Gasteiger partial charge in [0.25, 0.3) is 0 Å². The Morgan fingerprint density at radius 3 is 3.00 bits per heavy atom. The molecule has 3 unspecified atom stereocenters. The third-order valence-corrected chi connectivity index (χ3v) is 3.14. The van der Waals surface area contributed by atoms with E-state index in [1.807, 2.05) is 6.92 Å². The molecule has 0 aromatic carbocycles. The highest BCUT2D eigenvalue weighted by Crippen LogP contribution is 2.25. The van der Waals surface area contributed by atoms with Crippen LogP contribution in [0.3, 0.4) is 0 Å². The van der Waals surface area contributed by atoms with Gasteiger partial charge < -0.3 is 9.57 Å². The molecule has 1 fully saturated rings. The van der Waals surface area contributed by atoms with Crippen LogP contribution >= 0.6 is 11.6 Å². The van der Waals surface area contributed by atoms with Gasteiger partial charge in [-0.3, -0.25) is 0 Å². The molecule has 0 aliphatic carbocycles. The van der Waals surface area contributed by atoms with Crippen molar-refractivity contribution in [3.63, 3.8) is 0 Å². The lowest BCUT2D eigenvalue weighted by Crippen LogP contribution is -2.26. The third kappa shape index (κ3) is 2.20. The average molecular weight is 218 g/mol. The maximum atomic E-state index is 5.96. The predicted molar refractivity (Wildman–Crippen MR) is 55.8 cm³/mol. The van der Waals surface area contributed by atoms with E-state index in [2.05, 4.69) is 5.16 Å². The van der Waals surface area contributed by atoms with Crippen LogP contribution in [-0.4, -0.2) is 30.4 Å². The molecule has 0 radical (unpaired) electrons. The second-order valence-electron chi connectivity index (χ2n) is 4.02. The van der Waals surface area contributed by atoms with E-state index < -0.39 is 0 Å². The molecule has 0 bridgehead atoms. The molecule has 14 heavy (non-hydrogen) atoms. The van der Waals surface area contributed by atoms with Gasteiger partial charge in [0.15, 0.2) is 0 Å². The average Bonchev–Trinajstić information content (AvgIpc) is 2.68. The summed E-state index contributed by atoms with van der Waals surface area (Å²) in [6.07, 6.45) is 3.24. The summed E-state index contributed by atoms with van der Waals surface area (Å²) in [4.78, 5) is 5.28. The quantitative estimate of drug-likeness (QED) is 0.664. The SMILES string of the molecule is CC(Cl)C1CC(C2CCCOC2)=NO1. The first-order chi connectivity index (χ1) is 6.77. The van der Waals surface area contributed by atoms with Gasteiger partial charge in [-0.05, 0) is 19.8 Å². The van der Waals surface area contributed by atoms with Gasteiger partial charge in [0, 0.05) is 18.9 Å². The summed E-state index contributed by atoms with van der Waals surface area (Å²) in [7, 11) is 0. The smallest absolute Gasteiger partial charge is 0.148 e. The molecule has 80 valence electrons. The highest BCUT2D eigenvalue weighted by Gasteiger charge is 2.30. The summed E-state index contributed by atoms with van der Waals surface area (Å²) >= 11 is 5.96. The van der Waals surface area contributed by atoms with Gasteiger partial charge in [-0.1, -0.05) is 5.16 Å². The summed E-state index contributed by atoms with van der Waals surface area (Å²) in [5.74, 6) is 0.462. The van der Waals surface area contributed by atoms with E-state index in [1.54, 1.807) is 0 Å². The molecule has 3 nitrogen and oxygen atoms in total. The molecule has 0 aromatic heterocycles. The number of alkyl halides is 1. The fourth-order valence-corrected chi connectivity index (χ4v) is 2.04. The molecule has 0 N–H and O–H groups in total. The van der Waals surface area contributed by atoms with Gasteiger partial charge in [-0.25, -0.2) is 0 Å². The van der Waals surface area contributed by atoms with E-state index in [9.17, 15) is 0 Å². The van der Waals surface area contributed by atoms with Crippen molar-refractivity contribution in [1.82, 2.24) is 0 Å². The molecule has 2 aliphatic rings. The Labute approximate surface area is 89.4 Å². The van der Waals surface area contributed by atoms with E-state index in [-0.39, 0.29) is 11.5 Å². The molecule has 2 rings (SSSR count). The van der Waals surface area contributed by atoms with E-state index in [0.29, 0.717) is 5.92 Å². The Morgan fingerprint density at radius 1 is 1.57 bits per heavy atom. The second kappa shape index (κ2) is 4.49. The molecule has 3 atom stereocenters. The van der Waals surface area contributed by atoms with E-state index in [4.69, 9.17) is 21.2 Å². The Balaban J connectivity index is 1.87. The lowest BCUT2D eigenvalue weighted by molar-refractivity contribution is 0.0753. The monoisotopic (exact) mass is 217 g/mol. The van der Waals surface area contributed by atoms with E-state index in [1.165, 1.54) is 6.42 Å². The zero-order chi connectivity index (χ0) is 9.97. The van der Waals surface area contributed by atoms with Crippen LogP contribution in [0.4, 0.5) is 0 Å². The maximum Gasteiger partial charge on any atom is 0.148 e. The Hall–Kier alpha value is -0.280. The standard InChI is InChI=1S/C10H16ClNO2/c1-7(11)10-5-9(12-14-10)8-3-2-4-13-6-8/h7-8,10H,2-6H2,1H3. The van der Waals surface area contributed by atoms with Gasteiger partial charge in [0.05, 0.1) is 17.7 Å². The number of nitrogens with zero attached hydrogens (tertiary/aromatic N) is 1. The van der Waals surface area contributed by atoms with Crippen LogP contribution in [0.5, 0.6) is 0 Å². The van der Waals surface area contributed by atoms with Crippen molar-refractivity contribution in [2.45, 2.75) is 37.7 Å². The Kier molecular flexibility index (Phi) is 3.29. The fraction of sp³-hybridized carbons (Fsp3) is 0.900. The van der Waals surface area contributed by atoms with Crippen molar-refractivity contribution in [3.8, 4) is 0 Å². The summed E-state index contributed by atoms with van der Waals surface area (Å²) in [6, 6.07) is 0. The number of oxime groups is 1. The first-order valence-corrected chi connectivity index (χ1v) is 5.65. The molecule has 2 aliphatic heterocycles. The zero-order valence-electron chi connectivity index (χ0n) is 8.41. The van der Waals surface area contributed by atoms with Crippen molar-refractivity contribution in [1.29, 1.82) is 0 Å². The van der Waals surface area contributed by atoms with Crippen LogP contribution < -0.4 is 0 Å². The van der Waals surface area contributed by atoms with Crippen LogP contribution in [0, 0.1) is 5.92 Å². The topological polar surface area (TPSA) is 30.8 Å². The van der Waals surface area contributed by atoms with Crippen LogP contribution in [-0.2, 0) is 9.57 Å². The van der Waals surface area contributed by atoms with E-state index in [0.717, 1.165) is 31.8 Å². The summed E-state index contributed by atoms with van der Waals surface area (Å²) in [5.41, 5.74) is 1.14. The molecule has 2 heterocycles. The van der Waals surface area contributed by atoms with Crippen molar-refractivity contribution in [2.75, 3.05) is 13.2 Å². The van der Waals surface area contributed by atoms with Crippen molar-refractivity contribution >= 4 is 17.3 Å². The first-order valence-electron chi connectivity index (χ1n) is 5.22. The molecule has 0 spiro atoms. The molecular formula is C10H16ClNO2. The number of hydrogen-bond acceptors (Lipinski definition) is 3. The maximum absolute atomic E-state index is 5.96. The molecule has 4 heteroatoms. The van der Waals surface area contributed by atoms with Crippen LogP contribution in [0.2, 0.25) is 0 Å². The Morgan fingerprint density at radius 2 is 2.43 bits per heavy atom. The normalized spacial score (nSPS) is 34.9. The zero-order valence-corrected chi connectivity index (χ0v) is 9.17. The second-order valence-corrected chi connectivity index (χ2v) is 4.71. The number of halogens is 1. The first kappa shape index (κ1) is 10.2. The molecule has 0 amide bonds. The minimum absolute atomic E-state index is 0.0285. The molecule has 1 saturated heterocycles. The molecular weight excluding hydrogens is 202 g/mol. The number of rotatable bonds is 2. The number of ether oxygens (including phenoxy) is 1. The largest absolute Gasteiger partial charge is 0.391 e. The lowest BCUT2D eigenvalue weighted by atomic mass is 9.93. The third-order valence-electron chi connectivity index (χ3n) is 2.86. The van der Waals surface area contributed by atoms with Gasteiger partial charge in [-0.15, -0.1) is 11.6 Å². The van der Waals surface area contributed by atoms with Crippen molar-refractivity contribution in [3.05, 3.63) is 0 Å². The minimum atomic E-state index is 0.0285. The molecule has 0 saturated carbocycles. The van der Waals surface area contributed by atoms with Crippen LogP contribution in [0.25, 0.3) is 0 Å². The van der Waals surface area contributed by atoms with Crippen molar-refractivity contribution in [2.24, 2.45) is 11.1 Å². The highest BCUT2D eigenvalue weighted by molar-refractivity contribution is 6.21. The van der Waals surface area contributed by atoms with Crippen LogP contribution in [0.1, 0.15) is 26.2 Å². The van der Waals surface area contributed by atoms with Gasteiger partial charge in [-0.2, -0.15) is 0 Å². The fourth-order valence-electron chi connectivity index (χ4n) is 1.91. The van der Waals surface area contributed by atoms with Gasteiger partial charge in [0.1, 0.15) is 6.10 Å². The summed E-state index contributed by atoms with van der Waals surface area (Å²) in [6.45, 7) is 3.63. The van der Waals surface area contributed by atoms with Crippen LogP contribution in [0.15, 0.2) is 5.16 Å². The number of hydrogen-bond donors (Lipinski definition) is 0. The summed E-state index contributed by atoms with van der Waals surface area (Å²) in [5, 5.41) is 4.14. The Bertz CT molecular complexity index is 224. The van der Waals surface area contributed by atoms with E-state index >= 15 is 0 Å². The van der Waals surface area contributed by atoms with Gasteiger partial charge in [0.2, 0.25) is 0 Å². The highest BCUT2D eigenvalue weighted by atomic mass is 35.5. The summed E-state index contributed by atoms with van der Waals surface area (Å²) < 4.78 is 5.42.